The number of carbonyl (C=O) groups is 1. The number of rotatable bonds is 9. The number of benzene rings is 2. The highest BCUT2D eigenvalue weighted by atomic mass is 35.5. The largest absolute Gasteiger partial charge is 0.385 e. The Hall–Kier alpha value is -2.53. The van der Waals surface area contributed by atoms with Crippen LogP contribution in [0.1, 0.15) is 24.8 Å². The molecule has 1 aliphatic rings. The quantitative estimate of drug-likeness (QED) is 0.461. The van der Waals surface area contributed by atoms with Crippen LogP contribution in [0.15, 0.2) is 47.4 Å². The number of aromatic nitrogens is 3. The molecule has 1 saturated heterocycles. The third-order valence-corrected chi connectivity index (χ3v) is 7.85. The average molecular weight is 492 g/mol. The molecule has 9 nitrogen and oxygen atoms in total. The van der Waals surface area contributed by atoms with Crippen molar-refractivity contribution in [1.82, 2.24) is 24.6 Å². The van der Waals surface area contributed by atoms with Crippen LogP contribution in [0.2, 0.25) is 5.02 Å². The normalized spacial score (nSPS) is 17.0. The molecule has 3 aromatic rings. The summed E-state index contributed by atoms with van der Waals surface area (Å²) in [7, 11) is -2.23. The molecule has 2 aromatic carbocycles. The Morgan fingerprint density at radius 1 is 1.24 bits per heavy atom. The predicted molar refractivity (Wildman–Crippen MR) is 124 cm³/mol. The molecule has 2 heterocycles. The lowest BCUT2D eigenvalue weighted by molar-refractivity contribution is -0.124. The summed E-state index contributed by atoms with van der Waals surface area (Å²) < 4.78 is 34.8. The molecule has 0 bridgehead atoms. The molecule has 0 spiro atoms. The summed E-state index contributed by atoms with van der Waals surface area (Å²) in [6.45, 7) is 1.82. The van der Waals surface area contributed by atoms with Crippen LogP contribution in [0, 0.1) is 0 Å². The molecule has 1 atom stereocenters. The number of nitrogens with one attached hydrogen (secondary N) is 1. The minimum Gasteiger partial charge on any atom is -0.385 e. The Morgan fingerprint density at radius 2 is 2.03 bits per heavy atom. The van der Waals surface area contributed by atoms with Crippen LogP contribution >= 0.6 is 11.6 Å². The molecular weight excluding hydrogens is 466 g/mol. The van der Waals surface area contributed by atoms with E-state index in [-0.39, 0.29) is 10.8 Å². The molecule has 33 heavy (non-hydrogen) atoms. The van der Waals surface area contributed by atoms with Gasteiger partial charge in [-0.1, -0.05) is 28.9 Å². The maximum Gasteiger partial charge on any atom is 0.243 e. The summed E-state index contributed by atoms with van der Waals surface area (Å²) in [5, 5.41) is 11.7. The topological polar surface area (TPSA) is 106 Å². The fourth-order valence-electron chi connectivity index (χ4n) is 3.97. The number of ether oxygens (including phenoxy) is 1. The first-order valence-electron chi connectivity index (χ1n) is 10.8. The highest BCUT2D eigenvalue weighted by Gasteiger charge is 2.39. The van der Waals surface area contributed by atoms with E-state index >= 15 is 0 Å². The smallest absolute Gasteiger partial charge is 0.243 e. The highest BCUT2D eigenvalue weighted by molar-refractivity contribution is 7.89. The predicted octanol–water partition coefficient (Wildman–Crippen LogP) is 2.59. The Morgan fingerprint density at radius 3 is 2.79 bits per heavy atom. The molecular formula is C22H26ClN5O4S. The van der Waals surface area contributed by atoms with Crippen molar-refractivity contribution in [3.8, 4) is 0 Å². The number of amides is 1. The number of hydrogen-bond acceptors (Lipinski definition) is 6. The van der Waals surface area contributed by atoms with E-state index in [0.29, 0.717) is 49.6 Å². The third-order valence-electron chi connectivity index (χ3n) is 5.70. The van der Waals surface area contributed by atoms with Crippen molar-refractivity contribution in [3.63, 3.8) is 0 Å². The lowest BCUT2D eigenvalue weighted by Crippen LogP contribution is -2.45. The molecule has 0 aliphatic carbocycles. The first kappa shape index (κ1) is 23.6. The molecule has 1 aromatic heterocycles. The van der Waals surface area contributed by atoms with Gasteiger partial charge in [0.2, 0.25) is 15.9 Å². The summed E-state index contributed by atoms with van der Waals surface area (Å²) in [6, 6.07) is 11.2. The van der Waals surface area contributed by atoms with Gasteiger partial charge in [0, 0.05) is 38.4 Å². The van der Waals surface area contributed by atoms with Gasteiger partial charge in [-0.25, -0.2) is 13.1 Å². The zero-order valence-electron chi connectivity index (χ0n) is 18.3. The van der Waals surface area contributed by atoms with E-state index in [4.69, 9.17) is 16.3 Å². The Kier molecular flexibility index (Phi) is 7.28. The molecule has 0 saturated carbocycles. The molecule has 176 valence electrons. The summed E-state index contributed by atoms with van der Waals surface area (Å²) in [5.41, 5.74) is 2.14. The van der Waals surface area contributed by atoms with Gasteiger partial charge in [0.15, 0.2) is 0 Å². The fraction of sp³-hybridized carbons (Fsp3) is 0.409. The molecule has 11 heteroatoms. The lowest BCUT2D eigenvalue weighted by atomic mass is 10.2. The van der Waals surface area contributed by atoms with E-state index in [1.807, 2.05) is 12.1 Å². The molecule has 1 fully saturated rings. The van der Waals surface area contributed by atoms with Gasteiger partial charge in [0.25, 0.3) is 0 Å². The second-order valence-electron chi connectivity index (χ2n) is 7.93. The summed E-state index contributed by atoms with van der Waals surface area (Å²) in [6.07, 6.45) is 1.87. The molecule has 1 unspecified atom stereocenters. The second-order valence-corrected chi connectivity index (χ2v) is 10.3. The molecule has 0 radical (unpaired) electrons. The first-order chi connectivity index (χ1) is 15.9. The summed E-state index contributed by atoms with van der Waals surface area (Å²) in [4.78, 5) is 12.9. The number of sulfonamides is 1. The van der Waals surface area contributed by atoms with Crippen molar-refractivity contribution in [2.24, 2.45) is 0 Å². The van der Waals surface area contributed by atoms with Crippen LogP contribution < -0.4 is 5.32 Å². The van der Waals surface area contributed by atoms with Crippen molar-refractivity contribution < 1.29 is 17.9 Å². The van der Waals surface area contributed by atoms with E-state index in [9.17, 15) is 13.2 Å². The average Bonchev–Trinajstić information content (AvgIpc) is 3.46. The maximum absolute atomic E-state index is 13.4. The van der Waals surface area contributed by atoms with Gasteiger partial charge >= 0.3 is 0 Å². The number of halogens is 1. The van der Waals surface area contributed by atoms with E-state index < -0.39 is 16.1 Å². The fourth-order valence-corrected chi connectivity index (χ4v) is 5.77. The van der Waals surface area contributed by atoms with E-state index in [1.54, 1.807) is 36.1 Å². The Bertz CT molecular complexity index is 1230. The summed E-state index contributed by atoms with van der Waals surface area (Å²) >= 11 is 5.90. The van der Waals surface area contributed by atoms with Gasteiger partial charge in [0.05, 0.1) is 10.4 Å². The number of carbonyl (C=O) groups excluding carboxylic acids is 1. The van der Waals surface area contributed by atoms with Gasteiger partial charge in [-0.3, -0.25) is 4.79 Å². The third kappa shape index (κ3) is 5.19. The number of aryl methyl sites for hydroxylation is 1. The van der Waals surface area contributed by atoms with Crippen LogP contribution in [-0.4, -0.2) is 59.9 Å². The monoisotopic (exact) mass is 491 g/mol. The van der Waals surface area contributed by atoms with E-state index in [2.05, 4.69) is 15.6 Å². The van der Waals surface area contributed by atoms with Crippen molar-refractivity contribution in [3.05, 3.63) is 53.1 Å². The number of fused-ring (bicyclic) bond motifs is 1. The van der Waals surface area contributed by atoms with Gasteiger partial charge in [0.1, 0.15) is 11.6 Å². The first-order valence-corrected chi connectivity index (χ1v) is 12.6. The molecule has 4 rings (SSSR count). The van der Waals surface area contributed by atoms with Crippen LogP contribution in [0.5, 0.6) is 0 Å². The van der Waals surface area contributed by atoms with Gasteiger partial charge in [-0.05, 0) is 55.2 Å². The lowest BCUT2D eigenvalue weighted by Gasteiger charge is -2.23. The maximum atomic E-state index is 13.4. The van der Waals surface area contributed by atoms with Gasteiger partial charge in [-0.15, -0.1) is 5.10 Å². The van der Waals surface area contributed by atoms with Gasteiger partial charge in [-0.2, -0.15) is 4.31 Å². The molecule has 1 amide bonds. The highest BCUT2D eigenvalue weighted by Crippen LogP contribution is 2.28. The number of methoxy groups -OCH3 is 1. The minimum atomic E-state index is -3.87. The van der Waals surface area contributed by atoms with E-state index in [1.165, 1.54) is 10.4 Å². The van der Waals surface area contributed by atoms with Crippen molar-refractivity contribution in [2.75, 3.05) is 20.3 Å². The summed E-state index contributed by atoms with van der Waals surface area (Å²) in [5.74, 6) is -0.309. The molecule has 1 N–H and O–H groups in total. The zero-order valence-corrected chi connectivity index (χ0v) is 19.8. The second kappa shape index (κ2) is 10.2. The SMILES string of the molecule is COCCCn1nnc2cc(S(=O)(=O)N3CCCC3C(=O)NCc3ccc(Cl)cc3)ccc21. The van der Waals surface area contributed by atoms with E-state index in [0.717, 1.165) is 17.5 Å². The number of nitrogens with zero attached hydrogens (tertiary/aromatic N) is 4. The van der Waals surface area contributed by atoms with Crippen LogP contribution in [0.25, 0.3) is 11.0 Å². The van der Waals surface area contributed by atoms with Crippen LogP contribution in [0.4, 0.5) is 0 Å². The molecule has 1 aliphatic heterocycles. The minimum absolute atomic E-state index is 0.108. The zero-order chi connectivity index (χ0) is 23.4. The van der Waals surface area contributed by atoms with Gasteiger partial charge < -0.3 is 10.1 Å². The van der Waals surface area contributed by atoms with Crippen molar-refractivity contribution >= 4 is 38.6 Å². The standard InChI is InChI=1S/C22H26ClN5O4S/c1-32-13-3-11-27-20-10-9-18(14-19(20)25-26-27)33(30,31)28-12-2-4-21(28)22(29)24-15-16-5-7-17(23)8-6-16/h5-10,14,21H,2-4,11-13,15H2,1H3,(H,24,29). The Labute approximate surface area is 197 Å². The van der Waals surface area contributed by atoms with Crippen molar-refractivity contribution in [2.45, 2.75) is 43.3 Å². The number of hydrogen-bond donors (Lipinski definition) is 1. The van der Waals surface area contributed by atoms with Crippen LogP contribution in [0.3, 0.4) is 0 Å². The Balaban J connectivity index is 1.48. The van der Waals surface area contributed by atoms with Crippen molar-refractivity contribution in [1.29, 1.82) is 0 Å². The van der Waals surface area contributed by atoms with Crippen LogP contribution in [-0.2, 0) is 32.6 Å².